The summed E-state index contributed by atoms with van der Waals surface area (Å²) in [5.74, 6) is 0.885. The zero-order valence-electron chi connectivity index (χ0n) is 16.4. The number of likely N-dealkylation sites (tertiary alicyclic amines) is 1. The summed E-state index contributed by atoms with van der Waals surface area (Å²) in [6.45, 7) is 7.49. The summed E-state index contributed by atoms with van der Waals surface area (Å²) >= 11 is 5.75. The van der Waals surface area contributed by atoms with Crippen LogP contribution in [0.5, 0.6) is 5.75 Å². The molecule has 1 aliphatic heterocycles. The molecule has 0 radical (unpaired) electrons. The van der Waals surface area contributed by atoms with Gasteiger partial charge in [-0.15, -0.1) is 0 Å². The molecule has 0 bridgehead atoms. The fraction of sp³-hybridized carbons (Fsp3) is 0.650. The first-order valence-electron chi connectivity index (χ1n) is 9.57. The molecule has 5 nitrogen and oxygen atoms in total. The summed E-state index contributed by atoms with van der Waals surface area (Å²) in [5.41, 5.74) is 1.25. The standard InChI is InChI=1S/C20H33N3O2S/c1-4-25-15-5-12-21-20(26)23(18-10-13-22(2)14-11-18)16-17-6-8-19(24-3)9-7-17/h6-9,18H,4-5,10-16H2,1-3H3,(H,21,26). The largest absolute Gasteiger partial charge is 0.497 e. The quantitative estimate of drug-likeness (QED) is 0.525. The second-order valence-corrected chi connectivity index (χ2v) is 7.18. The number of ether oxygens (including phenoxy) is 2. The van der Waals surface area contributed by atoms with E-state index in [2.05, 4.69) is 34.3 Å². The molecule has 0 amide bonds. The van der Waals surface area contributed by atoms with Crippen LogP contribution in [0.4, 0.5) is 0 Å². The van der Waals surface area contributed by atoms with Gasteiger partial charge in [0.1, 0.15) is 5.75 Å². The van der Waals surface area contributed by atoms with E-state index < -0.39 is 0 Å². The van der Waals surface area contributed by atoms with E-state index >= 15 is 0 Å². The van der Waals surface area contributed by atoms with Gasteiger partial charge in [0.25, 0.3) is 0 Å². The molecule has 0 aromatic heterocycles. The Morgan fingerprint density at radius 2 is 1.96 bits per heavy atom. The maximum atomic E-state index is 5.75. The van der Waals surface area contributed by atoms with E-state index in [0.29, 0.717) is 6.04 Å². The normalized spacial score (nSPS) is 15.7. The Hall–Kier alpha value is -1.37. The molecule has 1 aliphatic rings. The monoisotopic (exact) mass is 379 g/mol. The number of nitrogens with zero attached hydrogens (tertiary/aromatic N) is 2. The molecule has 1 saturated heterocycles. The summed E-state index contributed by atoms with van der Waals surface area (Å²) in [4.78, 5) is 4.76. The number of thiocarbonyl (C=S) groups is 1. The lowest BCUT2D eigenvalue weighted by atomic mass is 10.0. The van der Waals surface area contributed by atoms with E-state index in [1.165, 1.54) is 5.56 Å². The molecule has 26 heavy (non-hydrogen) atoms. The molecule has 1 aromatic carbocycles. The van der Waals surface area contributed by atoms with Crippen LogP contribution in [0.1, 0.15) is 31.7 Å². The molecule has 6 heteroatoms. The maximum Gasteiger partial charge on any atom is 0.169 e. The Labute approximate surface area is 163 Å². The van der Waals surface area contributed by atoms with Crippen molar-refractivity contribution in [1.82, 2.24) is 15.1 Å². The SMILES string of the molecule is CCOCCCNC(=S)N(Cc1ccc(OC)cc1)C1CCN(C)CC1. The molecule has 0 unspecified atom stereocenters. The fourth-order valence-corrected chi connectivity index (χ4v) is 3.53. The van der Waals surface area contributed by atoms with Gasteiger partial charge in [-0.1, -0.05) is 12.1 Å². The Morgan fingerprint density at radius 1 is 1.27 bits per heavy atom. The molecular formula is C20H33N3O2S. The molecule has 1 N–H and O–H groups in total. The lowest BCUT2D eigenvalue weighted by Gasteiger charge is -2.39. The van der Waals surface area contributed by atoms with E-state index in [-0.39, 0.29) is 0 Å². The first-order valence-corrected chi connectivity index (χ1v) is 9.98. The predicted octanol–water partition coefficient (Wildman–Crippen LogP) is 2.89. The van der Waals surface area contributed by atoms with Crippen molar-refractivity contribution in [2.24, 2.45) is 0 Å². The van der Waals surface area contributed by atoms with Gasteiger partial charge < -0.3 is 24.6 Å². The second-order valence-electron chi connectivity index (χ2n) is 6.79. The van der Waals surface area contributed by atoms with Crippen molar-refractivity contribution in [3.63, 3.8) is 0 Å². The van der Waals surface area contributed by atoms with Crippen LogP contribution in [0.15, 0.2) is 24.3 Å². The number of nitrogens with one attached hydrogen (secondary N) is 1. The molecule has 0 aliphatic carbocycles. The molecule has 1 fully saturated rings. The number of methoxy groups -OCH3 is 1. The minimum atomic E-state index is 0.486. The van der Waals surface area contributed by atoms with Gasteiger partial charge in [-0.25, -0.2) is 0 Å². The van der Waals surface area contributed by atoms with Crippen molar-refractivity contribution < 1.29 is 9.47 Å². The van der Waals surface area contributed by atoms with Gasteiger partial charge in [0.2, 0.25) is 0 Å². The highest BCUT2D eigenvalue weighted by molar-refractivity contribution is 7.80. The summed E-state index contributed by atoms with van der Waals surface area (Å²) in [6.07, 6.45) is 3.26. The van der Waals surface area contributed by atoms with Crippen LogP contribution < -0.4 is 10.1 Å². The van der Waals surface area contributed by atoms with Gasteiger partial charge >= 0.3 is 0 Å². The highest BCUT2D eigenvalue weighted by Gasteiger charge is 2.25. The van der Waals surface area contributed by atoms with E-state index in [9.17, 15) is 0 Å². The average molecular weight is 380 g/mol. The zero-order valence-corrected chi connectivity index (χ0v) is 17.2. The number of hydrogen-bond acceptors (Lipinski definition) is 4. The molecule has 0 saturated carbocycles. The van der Waals surface area contributed by atoms with Gasteiger partial charge in [-0.3, -0.25) is 0 Å². The first kappa shape index (κ1) is 20.9. The van der Waals surface area contributed by atoms with Crippen molar-refractivity contribution in [3.8, 4) is 5.75 Å². The maximum absolute atomic E-state index is 5.75. The van der Waals surface area contributed by atoms with Gasteiger partial charge in [-0.05, 0) is 76.2 Å². The van der Waals surface area contributed by atoms with Crippen molar-refractivity contribution >= 4 is 17.3 Å². The molecule has 1 heterocycles. The van der Waals surface area contributed by atoms with E-state index in [0.717, 1.165) is 69.5 Å². The van der Waals surface area contributed by atoms with Crippen molar-refractivity contribution in [2.75, 3.05) is 47.0 Å². The minimum Gasteiger partial charge on any atom is -0.497 e. The second kappa shape index (κ2) is 11.4. The Morgan fingerprint density at radius 3 is 2.58 bits per heavy atom. The van der Waals surface area contributed by atoms with E-state index in [4.69, 9.17) is 21.7 Å². The first-order chi connectivity index (χ1) is 12.6. The van der Waals surface area contributed by atoms with Crippen LogP contribution in [-0.4, -0.2) is 68.0 Å². The van der Waals surface area contributed by atoms with Crippen LogP contribution in [-0.2, 0) is 11.3 Å². The number of benzene rings is 1. The summed E-state index contributed by atoms with van der Waals surface area (Å²) in [7, 11) is 3.88. The van der Waals surface area contributed by atoms with Gasteiger partial charge in [0.05, 0.1) is 7.11 Å². The highest BCUT2D eigenvalue weighted by Crippen LogP contribution is 2.20. The lowest BCUT2D eigenvalue weighted by molar-refractivity contribution is 0.145. The van der Waals surface area contributed by atoms with Gasteiger partial charge in [0.15, 0.2) is 5.11 Å². The topological polar surface area (TPSA) is 37.0 Å². The van der Waals surface area contributed by atoms with Crippen LogP contribution in [0.2, 0.25) is 0 Å². The summed E-state index contributed by atoms with van der Waals surface area (Å²) in [6, 6.07) is 8.76. The van der Waals surface area contributed by atoms with Crippen LogP contribution >= 0.6 is 12.2 Å². The van der Waals surface area contributed by atoms with Crippen LogP contribution in [0, 0.1) is 0 Å². The highest BCUT2D eigenvalue weighted by atomic mass is 32.1. The molecular weight excluding hydrogens is 346 g/mol. The molecule has 2 rings (SSSR count). The summed E-state index contributed by atoms with van der Waals surface area (Å²) in [5, 5.41) is 4.29. The third-order valence-corrected chi connectivity index (χ3v) is 5.23. The third-order valence-electron chi connectivity index (χ3n) is 4.85. The zero-order chi connectivity index (χ0) is 18.8. The minimum absolute atomic E-state index is 0.486. The van der Waals surface area contributed by atoms with E-state index in [1.54, 1.807) is 7.11 Å². The summed E-state index contributed by atoms with van der Waals surface area (Å²) < 4.78 is 10.7. The van der Waals surface area contributed by atoms with E-state index in [1.807, 2.05) is 19.1 Å². The van der Waals surface area contributed by atoms with Crippen LogP contribution in [0.25, 0.3) is 0 Å². The number of rotatable bonds is 9. The predicted molar refractivity (Wildman–Crippen MR) is 111 cm³/mol. The Kier molecular flexibility index (Phi) is 9.15. The molecule has 0 atom stereocenters. The van der Waals surface area contributed by atoms with Crippen molar-refractivity contribution in [1.29, 1.82) is 0 Å². The van der Waals surface area contributed by atoms with Gasteiger partial charge in [-0.2, -0.15) is 0 Å². The third kappa shape index (κ3) is 6.74. The van der Waals surface area contributed by atoms with Gasteiger partial charge in [0, 0.05) is 32.3 Å². The lowest BCUT2D eigenvalue weighted by Crippen LogP contribution is -2.49. The molecule has 0 spiro atoms. The smallest absolute Gasteiger partial charge is 0.169 e. The molecule has 1 aromatic rings. The van der Waals surface area contributed by atoms with Crippen LogP contribution in [0.3, 0.4) is 0 Å². The Balaban J connectivity index is 1.97. The molecule has 146 valence electrons. The average Bonchev–Trinajstić information content (AvgIpc) is 2.67. The number of hydrogen-bond donors (Lipinski definition) is 1. The van der Waals surface area contributed by atoms with Crippen molar-refractivity contribution in [2.45, 2.75) is 38.8 Å². The fourth-order valence-electron chi connectivity index (χ4n) is 3.22. The Bertz CT molecular complexity index is 530. The number of piperidine rings is 1. The van der Waals surface area contributed by atoms with Crippen molar-refractivity contribution in [3.05, 3.63) is 29.8 Å².